The highest BCUT2D eigenvalue weighted by Gasteiger charge is 2.43. The van der Waals surface area contributed by atoms with Crippen LogP contribution < -0.4 is 0 Å². The summed E-state index contributed by atoms with van der Waals surface area (Å²) in [5.41, 5.74) is 0.493. The molecule has 0 aromatic heterocycles. The van der Waals surface area contributed by atoms with Gasteiger partial charge in [-0.05, 0) is 50.7 Å². The predicted octanol–water partition coefficient (Wildman–Crippen LogP) is 5.11. The summed E-state index contributed by atoms with van der Waals surface area (Å²) in [6.07, 6.45) is 7.06. The first-order valence-corrected chi connectivity index (χ1v) is 11.9. The Balaban J connectivity index is 1.92. The van der Waals surface area contributed by atoms with Gasteiger partial charge in [0.1, 0.15) is 5.69 Å². The second-order valence-corrected chi connectivity index (χ2v) is 10.9. The molecule has 0 bridgehead atoms. The predicted molar refractivity (Wildman–Crippen MR) is 110 cm³/mol. The van der Waals surface area contributed by atoms with E-state index in [0.717, 1.165) is 39.3 Å². The van der Waals surface area contributed by atoms with E-state index in [1.807, 2.05) is 0 Å². The minimum absolute atomic E-state index is 0.0568. The highest BCUT2D eigenvalue weighted by Crippen LogP contribution is 2.64. The molecule has 0 aliphatic carbocycles. The van der Waals surface area contributed by atoms with Crippen molar-refractivity contribution in [2.45, 2.75) is 38.5 Å². The van der Waals surface area contributed by atoms with Gasteiger partial charge in [-0.1, -0.05) is 11.6 Å². The molecule has 3 heterocycles. The fourth-order valence-electron chi connectivity index (χ4n) is 4.51. The van der Waals surface area contributed by atoms with Crippen LogP contribution in [0.1, 0.15) is 38.5 Å². The first-order valence-electron chi connectivity index (χ1n) is 9.94. The van der Waals surface area contributed by atoms with E-state index < -0.39 is 7.51 Å². The average Bonchev–Trinajstić information content (AvgIpc) is 3.44. The van der Waals surface area contributed by atoms with Crippen LogP contribution in [0, 0.1) is 10.1 Å². The Labute approximate surface area is 165 Å². The van der Waals surface area contributed by atoms with Crippen molar-refractivity contribution in [1.82, 2.24) is 14.0 Å². The van der Waals surface area contributed by atoms with Gasteiger partial charge in [0.25, 0.3) is 5.69 Å². The summed E-state index contributed by atoms with van der Waals surface area (Å²) in [6.45, 7) is 6.16. The van der Waals surface area contributed by atoms with E-state index in [4.69, 9.17) is 16.3 Å². The maximum atomic E-state index is 11.7. The Morgan fingerprint density at radius 1 is 0.889 bits per heavy atom. The third kappa shape index (κ3) is 3.68. The van der Waals surface area contributed by atoms with Crippen LogP contribution in [-0.2, 0) is 0 Å². The largest absolute Gasteiger partial charge is 0.294 e. The second kappa shape index (κ2) is 8.18. The van der Waals surface area contributed by atoms with Crippen molar-refractivity contribution in [3.05, 3.63) is 33.3 Å². The van der Waals surface area contributed by atoms with Crippen LogP contribution in [0.4, 0.5) is 11.4 Å². The maximum absolute atomic E-state index is 11.7. The minimum Gasteiger partial charge on any atom is -0.258 e. The quantitative estimate of drug-likeness (QED) is 0.382. The standard InChI is InChI=1S/C18H27ClN5O2P/c19-16-7-8-18(24(25)26)17(15-16)20-27(21-9-1-2-10-21,22-11-3-4-12-22)23-13-5-6-14-23/h7-8,15H,1-6,9-14H2. The van der Waals surface area contributed by atoms with Crippen LogP contribution in [0.5, 0.6) is 0 Å². The first-order chi connectivity index (χ1) is 13.1. The van der Waals surface area contributed by atoms with Crippen molar-refractivity contribution in [3.63, 3.8) is 0 Å². The normalized spacial score (nSPS) is 22.6. The molecule has 0 N–H and O–H groups in total. The van der Waals surface area contributed by atoms with E-state index in [1.54, 1.807) is 12.1 Å². The fraction of sp³-hybridized carbons (Fsp3) is 0.667. The Hall–Kier alpha value is -0.980. The van der Waals surface area contributed by atoms with Gasteiger partial charge < -0.3 is 0 Å². The van der Waals surface area contributed by atoms with E-state index in [9.17, 15) is 10.1 Å². The Morgan fingerprint density at radius 2 is 1.33 bits per heavy atom. The van der Waals surface area contributed by atoms with Crippen molar-refractivity contribution < 1.29 is 4.92 Å². The zero-order valence-corrected chi connectivity index (χ0v) is 17.2. The van der Waals surface area contributed by atoms with Crippen molar-refractivity contribution in [3.8, 4) is 0 Å². The summed E-state index contributed by atoms with van der Waals surface area (Å²) >= 11 is 6.22. The molecule has 0 unspecified atom stereocenters. The van der Waals surface area contributed by atoms with Gasteiger partial charge in [0.15, 0.2) is 7.51 Å². The average molecular weight is 412 g/mol. The summed E-state index contributed by atoms with van der Waals surface area (Å²) in [5, 5.41) is 12.2. The zero-order chi connectivity index (χ0) is 18.9. The molecule has 1 aromatic rings. The fourth-order valence-corrected chi connectivity index (χ4v) is 9.04. The van der Waals surface area contributed by atoms with Crippen LogP contribution in [0.2, 0.25) is 5.02 Å². The maximum Gasteiger partial charge on any atom is 0.294 e. The first kappa shape index (κ1) is 19.3. The highest BCUT2D eigenvalue weighted by atomic mass is 35.5. The van der Waals surface area contributed by atoms with E-state index in [1.165, 1.54) is 44.6 Å². The topological polar surface area (TPSA) is 65.2 Å². The summed E-state index contributed by atoms with van der Waals surface area (Å²) in [6, 6.07) is 4.75. The van der Waals surface area contributed by atoms with Crippen LogP contribution in [0.15, 0.2) is 22.9 Å². The summed E-state index contributed by atoms with van der Waals surface area (Å²) < 4.78 is 12.9. The van der Waals surface area contributed by atoms with Gasteiger partial charge >= 0.3 is 0 Å². The highest BCUT2D eigenvalue weighted by molar-refractivity contribution is 7.59. The molecule has 0 radical (unpaired) electrons. The summed E-state index contributed by atoms with van der Waals surface area (Å²) in [4.78, 5) is 11.3. The lowest BCUT2D eigenvalue weighted by molar-refractivity contribution is -0.384. The van der Waals surface area contributed by atoms with Crippen molar-refractivity contribution >= 4 is 30.5 Å². The second-order valence-electron chi connectivity index (χ2n) is 7.51. The SMILES string of the molecule is O=[N+]([O-])c1ccc(Cl)cc1N=P(N1CCCC1)(N1CCCC1)N1CCCC1. The van der Waals surface area contributed by atoms with E-state index >= 15 is 0 Å². The molecule has 0 spiro atoms. The lowest BCUT2D eigenvalue weighted by atomic mass is 10.3. The molecule has 27 heavy (non-hydrogen) atoms. The Kier molecular flexibility index (Phi) is 5.86. The van der Waals surface area contributed by atoms with Gasteiger partial charge in [-0.25, -0.2) is 18.8 Å². The monoisotopic (exact) mass is 411 g/mol. The Morgan fingerprint density at radius 3 is 1.74 bits per heavy atom. The third-order valence-electron chi connectivity index (χ3n) is 5.76. The molecule has 9 heteroatoms. The van der Waals surface area contributed by atoms with Gasteiger partial charge in [0, 0.05) is 50.4 Å². The zero-order valence-electron chi connectivity index (χ0n) is 15.6. The number of benzene rings is 1. The third-order valence-corrected chi connectivity index (χ3v) is 9.96. The molecule has 4 rings (SSSR count). The number of nitrogens with zero attached hydrogens (tertiary/aromatic N) is 5. The molecule has 1 aromatic carbocycles. The molecule has 0 atom stereocenters. The number of rotatable bonds is 5. The van der Waals surface area contributed by atoms with Crippen molar-refractivity contribution in [2.75, 3.05) is 39.3 Å². The number of hydrogen-bond donors (Lipinski definition) is 0. The molecule has 7 nitrogen and oxygen atoms in total. The molecule has 3 saturated heterocycles. The molecule has 0 amide bonds. The number of nitro benzene ring substituents is 1. The van der Waals surface area contributed by atoms with Crippen molar-refractivity contribution in [1.29, 1.82) is 0 Å². The molecule has 148 valence electrons. The lowest BCUT2D eigenvalue weighted by Gasteiger charge is -2.45. The molecule has 3 aliphatic rings. The van der Waals surface area contributed by atoms with Gasteiger partial charge in [-0.15, -0.1) is 0 Å². The Bertz CT molecular complexity index is 709. The molecule has 3 aliphatic heterocycles. The molecular weight excluding hydrogens is 385 g/mol. The van der Waals surface area contributed by atoms with E-state index in [0.29, 0.717) is 10.7 Å². The summed E-state index contributed by atoms with van der Waals surface area (Å²) in [5.74, 6) is 0. The van der Waals surface area contributed by atoms with E-state index in [2.05, 4.69) is 14.0 Å². The van der Waals surface area contributed by atoms with Gasteiger partial charge in [-0.3, -0.25) is 10.1 Å². The van der Waals surface area contributed by atoms with Gasteiger partial charge in [-0.2, -0.15) is 0 Å². The summed E-state index contributed by atoms with van der Waals surface area (Å²) in [7, 11) is -2.19. The van der Waals surface area contributed by atoms with Gasteiger partial charge in [0.2, 0.25) is 0 Å². The number of nitro groups is 1. The van der Waals surface area contributed by atoms with Crippen LogP contribution in [0.3, 0.4) is 0 Å². The smallest absolute Gasteiger partial charge is 0.258 e. The van der Waals surface area contributed by atoms with Gasteiger partial charge in [0.05, 0.1) is 4.92 Å². The number of halogens is 1. The molecule has 0 saturated carbocycles. The lowest BCUT2D eigenvalue weighted by Crippen LogP contribution is -2.38. The van der Waals surface area contributed by atoms with Crippen molar-refractivity contribution in [2.24, 2.45) is 4.74 Å². The molecular formula is C18H27ClN5O2P. The van der Waals surface area contributed by atoms with E-state index in [-0.39, 0.29) is 10.6 Å². The minimum atomic E-state index is -2.19. The van der Waals surface area contributed by atoms with Crippen LogP contribution >= 0.6 is 19.1 Å². The number of hydrogen-bond acceptors (Lipinski definition) is 3. The van der Waals surface area contributed by atoms with Crippen LogP contribution in [0.25, 0.3) is 0 Å². The molecule has 3 fully saturated rings. The van der Waals surface area contributed by atoms with Crippen LogP contribution in [-0.4, -0.2) is 58.2 Å².